The van der Waals surface area contributed by atoms with Crippen molar-refractivity contribution in [1.82, 2.24) is 0 Å². The third kappa shape index (κ3) is 31.2. The van der Waals surface area contributed by atoms with E-state index in [-0.39, 0.29) is 31.6 Å². The van der Waals surface area contributed by atoms with Crippen LogP contribution < -0.4 is 0 Å². The van der Waals surface area contributed by atoms with Crippen molar-refractivity contribution in [2.75, 3.05) is 13.2 Å². The van der Waals surface area contributed by atoms with Crippen molar-refractivity contribution >= 4 is 11.9 Å². The zero-order valence-electron chi connectivity index (χ0n) is 30.1. The number of carbonyl (C=O) groups excluding carboxylic acids is 2. The number of aliphatic hydroxyl groups is 3. The summed E-state index contributed by atoms with van der Waals surface area (Å²) in [6.45, 7) is 3.96. The predicted molar refractivity (Wildman–Crippen MR) is 190 cm³/mol. The Labute approximate surface area is 283 Å². The molecule has 0 aromatic carbocycles. The normalized spacial score (nSPS) is 13.6. The molecule has 0 aromatic rings. The topological polar surface area (TPSA) is 113 Å². The Morgan fingerprint density at radius 3 is 1.54 bits per heavy atom. The first-order chi connectivity index (χ1) is 22.4. The molecule has 3 N–H and O–H groups in total. The van der Waals surface area contributed by atoms with E-state index >= 15 is 0 Å². The van der Waals surface area contributed by atoms with Gasteiger partial charge in [-0.25, -0.2) is 0 Å². The molecular weight excluding hydrogens is 580 g/mol. The second-order valence-electron chi connectivity index (χ2n) is 13.3. The van der Waals surface area contributed by atoms with Gasteiger partial charge in [0.25, 0.3) is 0 Å². The number of ether oxygens (including phenoxy) is 2. The Bertz CT molecular complexity index is 696. The van der Waals surface area contributed by atoms with Crippen LogP contribution in [-0.4, -0.2) is 58.8 Å². The van der Waals surface area contributed by atoms with E-state index in [1.165, 1.54) is 96.3 Å². The van der Waals surface area contributed by atoms with Crippen LogP contribution in [-0.2, 0) is 19.1 Å². The minimum absolute atomic E-state index is 0.108. The maximum absolute atomic E-state index is 12.2. The number of allylic oxidation sites excluding steroid dienone is 1. The predicted octanol–water partition coefficient (Wildman–Crippen LogP) is 9.67. The molecule has 272 valence electrons. The van der Waals surface area contributed by atoms with Crippen LogP contribution in [0.15, 0.2) is 12.2 Å². The molecule has 0 saturated heterocycles. The molecule has 0 aliphatic rings. The molecule has 0 spiro atoms. The molecule has 46 heavy (non-hydrogen) atoms. The molecule has 7 heteroatoms. The van der Waals surface area contributed by atoms with Gasteiger partial charge in [-0.15, -0.1) is 0 Å². The molecule has 0 rings (SSSR count). The van der Waals surface area contributed by atoms with E-state index < -0.39 is 18.3 Å². The van der Waals surface area contributed by atoms with Crippen LogP contribution in [0, 0.1) is 0 Å². The van der Waals surface area contributed by atoms with Gasteiger partial charge in [0.15, 0.2) is 6.10 Å². The average Bonchev–Trinajstić information content (AvgIpc) is 3.05. The van der Waals surface area contributed by atoms with Gasteiger partial charge in [-0.3, -0.25) is 9.59 Å². The molecule has 0 saturated carbocycles. The zero-order chi connectivity index (χ0) is 33.9. The summed E-state index contributed by atoms with van der Waals surface area (Å²) in [4.78, 5) is 24.2. The number of rotatable bonds is 35. The fourth-order valence-electron chi connectivity index (χ4n) is 5.64. The SMILES string of the molecule is CCCCC/C=C\C[C@H](O)[C@@H](O)CCCCCCCC(=O)O[C@@H](CO)COC(=O)CCCCCCCCCCCCCCCCC. The van der Waals surface area contributed by atoms with E-state index in [1.54, 1.807) is 0 Å². The summed E-state index contributed by atoms with van der Waals surface area (Å²) in [5.41, 5.74) is 0. The van der Waals surface area contributed by atoms with Gasteiger partial charge < -0.3 is 24.8 Å². The van der Waals surface area contributed by atoms with E-state index in [4.69, 9.17) is 9.47 Å². The van der Waals surface area contributed by atoms with Crippen LogP contribution in [0.2, 0.25) is 0 Å². The molecule has 0 heterocycles. The maximum atomic E-state index is 12.2. The van der Waals surface area contributed by atoms with Crippen LogP contribution in [0.25, 0.3) is 0 Å². The molecule has 0 aromatic heterocycles. The van der Waals surface area contributed by atoms with Gasteiger partial charge in [0.1, 0.15) is 6.61 Å². The Morgan fingerprint density at radius 2 is 1.02 bits per heavy atom. The Kier molecular flexibility index (Phi) is 33.8. The fraction of sp³-hybridized carbons (Fsp3) is 0.897. The van der Waals surface area contributed by atoms with Gasteiger partial charge in [0.05, 0.1) is 18.8 Å². The number of aliphatic hydroxyl groups excluding tert-OH is 3. The lowest BCUT2D eigenvalue weighted by atomic mass is 10.0. The highest BCUT2D eigenvalue weighted by Gasteiger charge is 2.16. The van der Waals surface area contributed by atoms with Gasteiger partial charge in [0.2, 0.25) is 0 Å². The van der Waals surface area contributed by atoms with Crippen molar-refractivity contribution in [3.63, 3.8) is 0 Å². The molecule has 0 fully saturated rings. The number of unbranched alkanes of at least 4 members (excludes halogenated alkanes) is 21. The summed E-state index contributed by atoms with van der Waals surface area (Å²) in [5, 5.41) is 29.8. The summed E-state index contributed by atoms with van der Waals surface area (Å²) in [6.07, 6.45) is 31.5. The Morgan fingerprint density at radius 1 is 0.565 bits per heavy atom. The number of esters is 2. The first-order valence-corrected chi connectivity index (χ1v) is 19.4. The van der Waals surface area contributed by atoms with Crippen molar-refractivity contribution < 1.29 is 34.4 Å². The highest BCUT2D eigenvalue weighted by atomic mass is 16.6. The number of hydrogen-bond donors (Lipinski definition) is 3. The first kappa shape index (κ1) is 44.6. The summed E-state index contributed by atoms with van der Waals surface area (Å²) in [7, 11) is 0. The molecular formula is C39H74O7. The minimum atomic E-state index is -0.823. The molecule has 0 unspecified atom stereocenters. The fourth-order valence-corrected chi connectivity index (χ4v) is 5.64. The van der Waals surface area contributed by atoms with Crippen LogP contribution in [0.5, 0.6) is 0 Å². The molecule has 0 aliphatic carbocycles. The van der Waals surface area contributed by atoms with Crippen LogP contribution in [0.3, 0.4) is 0 Å². The maximum Gasteiger partial charge on any atom is 0.306 e. The van der Waals surface area contributed by atoms with Gasteiger partial charge in [0, 0.05) is 12.8 Å². The number of carbonyl (C=O) groups is 2. The smallest absolute Gasteiger partial charge is 0.306 e. The summed E-state index contributed by atoms with van der Waals surface area (Å²) < 4.78 is 10.5. The highest BCUT2D eigenvalue weighted by molar-refractivity contribution is 5.70. The molecule has 7 nitrogen and oxygen atoms in total. The second kappa shape index (κ2) is 34.9. The summed E-state index contributed by atoms with van der Waals surface area (Å²) in [6, 6.07) is 0. The van der Waals surface area contributed by atoms with E-state index in [0.717, 1.165) is 51.4 Å². The summed E-state index contributed by atoms with van der Waals surface area (Å²) in [5.74, 6) is -0.695. The van der Waals surface area contributed by atoms with Gasteiger partial charge >= 0.3 is 11.9 Å². The van der Waals surface area contributed by atoms with Crippen molar-refractivity contribution in [2.45, 2.75) is 212 Å². The van der Waals surface area contributed by atoms with Crippen molar-refractivity contribution in [2.24, 2.45) is 0 Å². The minimum Gasteiger partial charge on any atom is -0.462 e. The molecule has 0 amide bonds. The summed E-state index contributed by atoms with van der Waals surface area (Å²) >= 11 is 0. The third-order valence-corrected chi connectivity index (χ3v) is 8.76. The van der Waals surface area contributed by atoms with Gasteiger partial charge in [-0.1, -0.05) is 154 Å². The van der Waals surface area contributed by atoms with Gasteiger partial charge in [-0.2, -0.15) is 0 Å². The van der Waals surface area contributed by atoms with Gasteiger partial charge in [-0.05, 0) is 38.5 Å². The lowest BCUT2D eigenvalue weighted by Crippen LogP contribution is -2.28. The van der Waals surface area contributed by atoms with E-state index in [0.29, 0.717) is 25.7 Å². The van der Waals surface area contributed by atoms with Crippen molar-refractivity contribution in [3.05, 3.63) is 12.2 Å². The third-order valence-electron chi connectivity index (χ3n) is 8.76. The largest absolute Gasteiger partial charge is 0.462 e. The highest BCUT2D eigenvalue weighted by Crippen LogP contribution is 2.15. The lowest BCUT2D eigenvalue weighted by molar-refractivity contribution is -0.161. The van der Waals surface area contributed by atoms with E-state index in [9.17, 15) is 24.9 Å². The van der Waals surface area contributed by atoms with E-state index in [1.807, 2.05) is 6.08 Å². The quantitative estimate of drug-likeness (QED) is 0.0354. The first-order valence-electron chi connectivity index (χ1n) is 19.4. The van der Waals surface area contributed by atoms with Crippen LogP contribution in [0.1, 0.15) is 194 Å². The van der Waals surface area contributed by atoms with Crippen molar-refractivity contribution in [1.29, 1.82) is 0 Å². The lowest BCUT2D eigenvalue weighted by Gasteiger charge is -2.16. The standard InChI is InChI=1S/C39H74O7/c1-3-5-7-9-11-12-13-14-15-16-17-18-19-23-27-31-38(43)45-34-35(33-40)46-39(44)32-28-24-20-22-26-30-37(42)36(41)29-25-21-10-8-6-4-2/h21,25,35-37,40-42H,3-20,22-24,26-34H2,1-2H3/b25-21-/t35-,36-,37-/m0/s1. The number of hydrogen-bond acceptors (Lipinski definition) is 7. The molecule has 0 bridgehead atoms. The monoisotopic (exact) mass is 655 g/mol. The van der Waals surface area contributed by atoms with Crippen molar-refractivity contribution in [3.8, 4) is 0 Å². The Balaban J connectivity index is 3.66. The molecule has 0 aliphatic heterocycles. The zero-order valence-corrected chi connectivity index (χ0v) is 30.1. The molecule has 0 radical (unpaired) electrons. The van der Waals surface area contributed by atoms with E-state index in [2.05, 4.69) is 19.9 Å². The van der Waals surface area contributed by atoms with Crippen LogP contribution >= 0.6 is 0 Å². The molecule has 3 atom stereocenters. The second-order valence-corrected chi connectivity index (χ2v) is 13.3. The Hall–Kier alpha value is -1.44. The average molecular weight is 655 g/mol. The van der Waals surface area contributed by atoms with Crippen LogP contribution in [0.4, 0.5) is 0 Å².